The number of carbonyl (C=O) groups excluding carboxylic acids is 1. The Labute approximate surface area is 97.3 Å². The molecule has 0 aromatic rings. The zero-order valence-electron chi connectivity index (χ0n) is 10.1. The van der Waals surface area contributed by atoms with E-state index in [0.717, 1.165) is 39.1 Å². The molecule has 2 atom stereocenters. The molecule has 0 spiro atoms. The normalized spacial score (nSPS) is 30.3. The van der Waals surface area contributed by atoms with Gasteiger partial charge in [-0.2, -0.15) is 0 Å². The van der Waals surface area contributed by atoms with E-state index in [4.69, 9.17) is 4.74 Å². The number of rotatable bonds is 3. The molecule has 2 fully saturated rings. The Morgan fingerprint density at radius 2 is 2.31 bits per heavy atom. The van der Waals surface area contributed by atoms with Crippen molar-refractivity contribution in [2.45, 2.75) is 31.8 Å². The summed E-state index contributed by atoms with van der Waals surface area (Å²) < 4.78 is 5.42. The van der Waals surface area contributed by atoms with Gasteiger partial charge in [0.15, 0.2) is 0 Å². The fourth-order valence-corrected chi connectivity index (χ4v) is 2.58. The average molecular weight is 226 g/mol. The van der Waals surface area contributed by atoms with E-state index >= 15 is 0 Å². The Morgan fingerprint density at radius 1 is 1.44 bits per heavy atom. The molecule has 0 bridgehead atoms. The summed E-state index contributed by atoms with van der Waals surface area (Å²) in [5.74, 6) is 0.784. The molecule has 2 saturated heterocycles. The molecule has 92 valence electrons. The summed E-state index contributed by atoms with van der Waals surface area (Å²) in [6.45, 7) is 3.78. The van der Waals surface area contributed by atoms with Crippen LogP contribution in [0, 0.1) is 5.92 Å². The van der Waals surface area contributed by atoms with Gasteiger partial charge in [0.1, 0.15) is 6.10 Å². The van der Waals surface area contributed by atoms with E-state index in [1.807, 2.05) is 11.9 Å². The molecule has 1 amide bonds. The number of ether oxygens (including phenoxy) is 1. The predicted octanol–water partition coefficient (Wildman–Crippen LogP) is 0.623. The number of hydrogen-bond donors (Lipinski definition) is 1. The van der Waals surface area contributed by atoms with Gasteiger partial charge in [-0.15, -0.1) is 0 Å². The molecule has 4 heteroatoms. The minimum atomic E-state index is -0.165. The Hall–Kier alpha value is -0.610. The molecule has 0 saturated carbocycles. The molecule has 2 unspecified atom stereocenters. The van der Waals surface area contributed by atoms with Crippen molar-refractivity contribution in [3.8, 4) is 0 Å². The molecule has 4 nitrogen and oxygen atoms in total. The maximum Gasteiger partial charge on any atom is 0.251 e. The lowest BCUT2D eigenvalue weighted by molar-refractivity contribution is -0.140. The second-order valence-electron chi connectivity index (χ2n) is 4.93. The summed E-state index contributed by atoms with van der Waals surface area (Å²) in [4.78, 5) is 13.9. The zero-order valence-corrected chi connectivity index (χ0v) is 10.1. The molecule has 1 N–H and O–H groups in total. The lowest BCUT2D eigenvalue weighted by atomic mass is 9.99. The van der Waals surface area contributed by atoms with Crippen LogP contribution in [0.5, 0.6) is 0 Å². The topological polar surface area (TPSA) is 41.6 Å². The summed E-state index contributed by atoms with van der Waals surface area (Å²) >= 11 is 0. The number of nitrogens with zero attached hydrogens (tertiary/aromatic N) is 1. The van der Waals surface area contributed by atoms with Gasteiger partial charge in [-0.1, -0.05) is 0 Å². The summed E-state index contributed by atoms with van der Waals surface area (Å²) in [6.07, 6.45) is 4.21. The molecule has 2 rings (SSSR count). The monoisotopic (exact) mass is 226 g/mol. The van der Waals surface area contributed by atoms with E-state index in [0.29, 0.717) is 5.92 Å². The van der Waals surface area contributed by atoms with E-state index in [9.17, 15) is 4.79 Å². The third kappa shape index (κ3) is 2.95. The van der Waals surface area contributed by atoms with Gasteiger partial charge >= 0.3 is 0 Å². The highest BCUT2D eigenvalue weighted by molar-refractivity contribution is 5.80. The van der Waals surface area contributed by atoms with Crippen molar-refractivity contribution in [2.75, 3.05) is 33.3 Å². The van der Waals surface area contributed by atoms with Crippen molar-refractivity contribution in [3.05, 3.63) is 0 Å². The summed E-state index contributed by atoms with van der Waals surface area (Å²) in [7, 11) is 1.90. The van der Waals surface area contributed by atoms with Crippen LogP contribution in [0.15, 0.2) is 0 Å². The number of carbonyl (C=O) groups is 1. The number of likely N-dealkylation sites (N-methyl/N-ethyl adjacent to an activating group) is 1. The summed E-state index contributed by atoms with van der Waals surface area (Å²) in [5, 5.41) is 3.38. The molecule has 0 radical (unpaired) electrons. The van der Waals surface area contributed by atoms with Gasteiger partial charge in [0, 0.05) is 20.2 Å². The second-order valence-corrected chi connectivity index (χ2v) is 4.93. The highest BCUT2D eigenvalue weighted by atomic mass is 16.5. The van der Waals surface area contributed by atoms with Gasteiger partial charge in [0.05, 0.1) is 0 Å². The van der Waals surface area contributed by atoms with Crippen LogP contribution in [0.25, 0.3) is 0 Å². The first-order valence-corrected chi connectivity index (χ1v) is 6.34. The fourth-order valence-electron chi connectivity index (χ4n) is 2.58. The SMILES string of the molecule is CN(CC1CCCNC1)C(=O)C1CCCO1. The van der Waals surface area contributed by atoms with Crippen LogP contribution < -0.4 is 5.32 Å². The van der Waals surface area contributed by atoms with E-state index < -0.39 is 0 Å². The Morgan fingerprint density at radius 3 is 2.94 bits per heavy atom. The second kappa shape index (κ2) is 5.64. The van der Waals surface area contributed by atoms with Crippen LogP contribution in [-0.2, 0) is 9.53 Å². The quantitative estimate of drug-likeness (QED) is 0.767. The van der Waals surface area contributed by atoms with Crippen molar-refractivity contribution < 1.29 is 9.53 Å². The third-order valence-corrected chi connectivity index (χ3v) is 3.51. The van der Waals surface area contributed by atoms with Crippen molar-refractivity contribution in [1.29, 1.82) is 0 Å². The predicted molar refractivity (Wildman–Crippen MR) is 62.2 cm³/mol. The van der Waals surface area contributed by atoms with Crippen molar-refractivity contribution in [2.24, 2.45) is 5.92 Å². The molecule has 0 aromatic carbocycles. The van der Waals surface area contributed by atoms with E-state index in [2.05, 4.69) is 5.32 Å². The number of nitrogens with one attached hydrogen (secondary N) is 1. The minimum absolute atomic E-state index is 0.165. The molecule has 16 heavy (non-hydrogen) atoms. The highest BCUT2D eigenvalue weighted by Gasteiger charge is 2.27. The first-order chi connectivity index (χ1) is 7.77. The molecule has 2 aliphatic rings. The third-order valence-electron chi connectivity index (χ3n) is 3.51. The Bertz CT molecular complexity index is 233. The van der Waals surface area contributed by atoms with Gasteiger partial charge in [0.2, 0.25) is 0 Å². The Kier molecular flexibility index (Phi) is 4.18. The van der Waals surface area contributed by atoms with Gasteiger partial charge in [0.25, 0.3) is 5.91 Å². The highest BCUT2D eigenvalue weighted by Crippen LogP contribution is 2.16. The van der Waals surface area contributed by atoms with E-state index in [1.165, 1.54) is 12.8 Å². The molecule has 2 aliphatic heterocycles. The first-order valence-electron chi connectivity index (χ1n) is 6.34. The van der Waals surface area contributed by atoms with Gasteiger partial charge in [-0.3, -0.25) is 4.79 Å². The van der Waals surface area contributed by atoms with Crippen LogP contribution in [0.1, 0.15) is 25.7 Å². The maximum absolute atomic E-state index is 12.0. The van der Waals surface area contributed by atoms with Crippen LogP contribution >= 0.6 is 0 Å². The number of amides is 1. The molecular formula is C12H22N2O2. The zero-order chi connectivity index (χ0) is 11.4. The number of hydrogen-bond acceptors (Lipinski definition) is 3. The first kappa shape index (κ1) is 11.9. The molecule has 2 heterocycles. The average Bonchev–Trinajstić information content (AvgIpc) is 2.83. The Balaban J connectivity index is 1.77. The van der Waals surface area contributed by atoms with Crippen LogP contribution in [0.2, 0.25) is 0 Å². The van der Waals surface area contributed by atoms with E-state index in [-0.39, 0.29) is 12.0 Å². The van der Waals surface area contributed by atoms with Gasteiger partial charge in [-0.05, 0) is 44.7 Å². The summed E-state index contributed by atoms with van der Waals surface area (Å²) in [5.41, 5.74) is 0. The fraction of sp³-hybridized carbons (Fsp3) is 0.917. The molecule has 0 aromatic heterocycles. The van der Waals surface area contributed by atoms with E-state index in [1.54, 1.807) is 0 Å². The van der Waals surface area contributed by atoms with Crippen molar-refractivity contribution >= 4 is 5.91 Å². The summed E-state index contributed by atoms with van der Waals surface area (Å²) in [6, 6.07) is 0. The van der Waals surface area contributed by atoms with Crippen molar-refractivity contribution in [1.82, 2.24) is 10.2 Å². The minimum Gasteiger partial charge on any atom is -0.368 e. The lowest BCUT2D eigenvalue weighted by Gasteiger charge is -2.28. The van der Waals surface area contributed by atoms with Crippen LogP contribution in [-0.4, -0.2) is 50.2 Å². The molecule has 0 aliphatic carbocycles. The molecular weight excluding hydrogens is 204 g/mol. The maximum atomic E-state index is 12.0. The lowest BCUT2D eigenvalue weighted by Crippen LogP contribution is -2.42. The standard InChI is InChI=1S/C12H22N2O2/c1-14(9-10-4-2-6-13-8-10)12(15)11-5-3-7-16-11/h10-11,13H,2-9H2,1H3. The van der Waals surface area contributed by atoms with Crippen molar-refractivity contribution in [3.63, 3.8) is 0 Å². The smallest absolute Gasteiger partial charge is 0.251 e. The van der Waals surface area contributed by atoms with Crippen LogP contribution in [0.4, 0.5) is 0 Å². The van der Waals surface area contributed by atoms with Crippen LogP contribution in [0.3, 0.4) is 0 Å². The number of piperidine rings is 1. The van der Waals surface area contributed by atoms with Gasteiger partial charge < -0.3 is 15.0 Å². The largest absolute Gasteiger partial charge is 0.368 e. The van der Waals surface area contributed by atoms with Gasteiger partial charge in [-0.25, -0.2) is 0 Å².